The number of nitrogens with zero attached hydrogens (tertiary/aromatic N) is 3. The quantitative estimate of drug-likeness (QED) is 0.375. The number of rotatable bonds is 4. The lowest BCUT2D eigenvalue weighted by molar-refractivity contribution is 0.0995. The monoisotopic (exact) mass is 404 g/mol. The first-order valence-corrected chi connectivity index (χ1v) is 9.57. The summed E-state index contributed by atoms with van der Waals surface area (Å²) < 4.78 is 1.71. The lowest BCUT2D eigenvalue weighted by atomic mass is 10.1. The first-order valence-electron chi connectivity index (χ1n) is 7.93. The Balaban J connectivity index is 1.69. The summed E-state index contributed by atoms with van der Waals surface area (Å²) in [6.45, 7) is 3.78. The molecule has 1 aromatic carbocycles. The molecule has 0 aliphatic carbocycles. The molecule has 0 amide bonds. The fourth-order valence-electron chi connectivity index (χ4n) is 2.99. The Kier molecular flexibility index (Phi) is 4.42. The topological polar surface area (TPSA) is 63.0 Å². The van der Waals surface area contributed by atoms with Crippen LogP contribution in [0.1, 0.15) is 23.0 Å². The number of aryl methyl sites for hydroxylation is 1. The molecule has 0 fully saturated rings. The summed E-state index contributed by atoms with van der Waals surface area (Å²) in [4.78, 5) is 16.4. The highest BCUT2D eigenvalue weighted by molar-refractivity contribution is 8.00. The third-order valence-corrected chi connectivity index (χ3v) is 5.73. The van der Waals surface area contributed by atoms with E-state index in [0.29, 0.717) is 26.4 Å². The van der Waals surface area contributed by atoms with Crippen molar-refractivity contribution in [3.63, 3.8) is 0 Å². The molecular weight excluding hydrogens is 391 g/mol. The number of ketones is 1. The van der Waals surface area contributed by atoms with Crippen molar-refractivity contribution in [3.8, 4) is 0 Å². The lowest BCUT2D eigenvalue weighted by Crippen LogP contribution is -2.15. The molecule has 5 nitrogen and oxygen atoms in total. The van der Waals surface area contributed by atoms with E-state index in [4.69, 9.17) is 23.2 Å². The number of aromatic amines is 1. The second kappa shape index (κ2) is 6.61. The summed E-state index contributed by atoms with van der Waals surface area (Å²) in [5, 5.41) is 10.3. The van der Waals surface area contributed by atoms with Crippen molar-refractivity contribution in [3.05, 3.63) is 57.8 Å². The molecule has 3 heterocycles. The second-order valence-electron chi connectivity index (χ2n) is 5.98. The maximum Gasteiger partial charge on any atom is 0.196 e. The van der Waals surface area contributed by atoms with E-state index in [2.05, 4.69) is 15.2 Å². The standard InChI is InChI=1S/C18H14Cl2N4OS/c1-9-15(12-5-3-4-6-14(12)21-9)16(25)10(2)26-18-23-22-17-13(20)7-11(19)8-24(17)18/h3-8,10,21H,1-2H3/t10-/m1/s1. The third kappa shape index (κ3) is 2.88. The minimum absolute atomic E-state index is 0.0369. The smallest absolute Gasteiger partial charge is 0.196 e. The average molecular weight is 405 g/mol. The Labute approximate surface area is 163 Å². The van der Waals surface area contributed by atoms with E-state index >= 15 is 0 Å². The van der Waals surface area contributed by atoms with Crippen LogP contribution in [0.3, 0.4) is 0 Å². The molecule has 0 saturated heterocycles. The van der Waals surface area contributed by atoms with E-state index in [1.165, 1.54) is 11.8 Å². The van der Waals surface area contributed by atoms with Crippen molar-refractivity contribution in [2.45, 2.75) is 24.3 Å². The molecule has 1 N–H and O–H groups in total. The molecule has 132 valence electrons. The molecule has 0 saturated carbocycles. The number of thioether (sulfide) groups is 1. The second-order valence-corrected chi connectivity index (χ2v) is 8.13. The van der Waals surface area contributed by atoms with Crippen LogP contribution in [0.25, 0.3) is 16.6 Å². The molecule has 0 bridgehead atoms. The van der Waals surface area contributed by atoms with Gasteiger partial charge in [0.25, 0.3) is 0 Å². The number of carbonyl (C=O) groups excluding carboxylic acids is 1. The number of Topliss-reactive ketones (excluding diaryl/α,β-unsaturated/α-hetero) is 1. The molecule has 4 rings (SSSR count). The van der Waals surface area contributed by atoms with Gasteiger partial charge in [0.1, 0.15) is 0 Å². The van der Waals surface area contributed by atoms with Crippen LogP contribution >= 0.6 is 35.0 Å². The maximum absolute atomic E-state index is 13.1. The first-order chi connectivity index (χ1) is 12.5. The van der Waals surface area contributed by atoms with Gasteiger partial charge in [0, 0.05) is 28.4 Å². The highest BCUT2D eigenvalue weighted by Gasteiger charge is 2.24. The molecular formula is C18H14Cl2N4OS. The van der Waals surface area contributed by atoms with Gasteiger partial charge in [-0.3, -0.25) is 9.20 Å². The summed E-state index contributed by atoms with van der Waals surface area (Å²) in [6, 6.07) is 9.41. The van der Waals surface area contributed by atoms with Crippen LogP contribution in [0.15, 0.2) is 41.7 Å². The number of fused-ring (bicyclic) bond motifs is 2. The van der Waals surface area contributed by atoms with Gasteiger partial charge < -0.3 is 4.98 Å². The zero-order valence-corrected chi connectivity index (χ0v) is 16.3. The van der Waals surface area contributed by atoms with Crippen molar-refractivity contribution in [1.82, 2.24) is 19.6 Å². The third-order valence-electron chi connectivity index (χ3n) is 4.19. The van der Waals surface area contributed by atoms with Gasteiger partial charge in [0.15, 0.2) is 16.6 Å². The van der Waals surface area contributed by atoms with E-state index in [-0.39, 0.29) is 11.0 Å². The zero-order valence-electron chi connectivity index (χ0n) is 14.0. The van der Waals surface area contributed by atoms with Gasteiger partial charge in [-0.2, -0.15) is 0 Å². The van der Waals surface area contributed by atoms with Crippen LogP contribution in [0.5, 0.6) is 0 Å². The van der Waals surface area contributed by atoms with Crippen molar-refractivity contribution in [2.24, 2.45) is 0 Å². The molecule has 0 spiro atoms. The number of nitrogens with one attached hydrogen (secondary N) is 1. The van der Waals surface area contributed by atoms with Gasteiger partial charge in [-0.05, 0) is 26.0 Å². The number of benzene rings is 1. The minimum atomic E-state index is -0.349. The minimum Gasteiger partial charge on any atom is -0.358 e. The Morgan fingerprint density at radius 1 is 1.27 bits per heavy atom. The summed E-state index contributed by atoms with van der Waals surface area (Å²) in [5.41, 5.74) is 3.05. The van der Waals surface area contributed by atoms with Gasteiger partial charge in [0.2, 0.25) is 0 Å². The lowest BCUT2D eigenvalue weighted by Gasteiger charge is -2.09. The zero-order chi connectivity index (χ0) is 18.4. The van der Waals surface area contributed by atoms with Gasteiger partial charge in [0.05, 0.1) is 15.3 Å². The van der Waals surface area contributed by atoms with Crippen LogP contribution in [-0.4, -0.2) is 30.6 Å². The average Bonchev–Trinajstić information content (AvgIpc) is 3.14. The molecule has 8 heteroatoms. The number of halogens is 2. The van der Waals surface area contributed by atoms with E-state index in [1.807, 2.05) is 38.1 Å². The van der Waals surface area contributed by atoms with Gasteiger partial charge >= 0.3 is 0 Å². The Hall–Kier alpha value is -2.02. The van der Waals surface area contributed by atoms with Crippen molar-refractivity contribution in [2.75, 3.05) is 0 Å². The summed E-state index contributed by atoms with van der Waals surface area (Å²) in [7, 11) is 0. The molecule has 0 aliphatic rings. The number of aromatic nitrogens is 4. The fourth-order valence-corrected chi connectivity index (χ4v) is 4.38. The molecule has 3 aromatic heterocycles. The van der Waals surface area contributed by atoms with Crippen LogP contribution < -0.4 is 0 Å². The first kappa shape index (κ1) is 17.4. The summed E-state index contributed by atoms with van der Waals surface area (Å²) >= 11 is 13.6. The number of carbonyl (C=O) groups is 1. The molecule has 1 atom stereocenters. The molecule has 26 heavy (non-hydrogen) atoms. The van der Waals surface area contributed by atoms with Crippen LogP contribution in [0.2, 0.25) is 10.0 Å². The van der Waals surface area contributed by atoms with Gasteiger partial charge in [-0.25, -0.2) is 0 Å². The fraction of sp³-hybridized carbons (Fsp3) is 0.167. The molecule has 0 unspecified atom stereocenters. The number of pyridine rings is 1. The Morgan fingerprint density at radius 3 is 2.85 bits per heavy atom. The van der Waals surface area contributed by atoms with Crippen molar-refractivity contribution in [1.29, 1.82) is 0 Å². The molecule has 0 radical (unpaired) electrons. The normalized spacial score (nSPS) is 12.8. The van der Waals surface area contributed by atoms with Gasteiger partial charge in [-0.1, -0.05) is 53.2 Å². The number of H-pyrrole nitrogens is 1. The Bertz CT molecular complexity index is 1150. The predicted molar refractivity (Wildman–Crippen MR) is 106 cm³/mol. The molecule has 0 aliphatic heterocycles. The number of para-hydroxylation sites is 1. The predicted octanol–water partition coefficient (Wildman–Crippen LogP) is 5.19. The highest BCUT2D eigenvalue weighted by Crippen LogP contribution is 2.31. The van der Waals surface area contributed by atoms with Crippen LogP contribution in [0, 0.1) is 6.92 Å². The largest absolute Gasteiger partial charge is 0.358 e. The van der Waals surface area contributed by atoms with Crippen molar-refractivity contribution >= 4 is 57.3 Å². The van der Waals surface area contributed by atoms with E-state index < -0.39 is 0 Å². The summed E-state index contributed by atoms with van der Waals surface area (Å²) in [5.74, 6) is 0.0369. The number of hydrogen-bond donors (Lipinski definition) is 1. The van der Waals surface area contributed by atoms with Gasteiger partial charge in [-0.15, -0.1) is 10.2 Å². The van der Waals surface area contributed by atoms with Crippen LogP contribution in [0.4, 0.5) is 0 Å². The number of hydrogen-bond acceptors (Lipinski definition) is 4. The Morgan fingerprint density at radius 2 is 2.04 bits per heavy atom. The van der Waals surface area contributed by atoms with Crippen molar-refractivity contribution < 1.29 is 4.79 Å². The van der Waals surface area contributed by atoms with E-state index in [0.717, 1.165) is 16.6 Å². The highest BCUT2D eigenvalue weighted by atomic mass is 35.5. The molecule has 4 aromatic rings. The van der Waals surface area contributed by atoms with Crippen LogP contribution in [-0.2, 0) is 0 Å². The summed E-state index contributed by atoms with van der Waals surface area (Å²) in [6.07, 6.45) is 1.69. The SMILES string of the molecule is Cc1[nH]c2ccccc2c1C(=O)[C@@H](C)Sc1nnc2c(Cl)cc(Cl)cn12. The maximum atomic E-state index is 13.1. The van der Waals surface area contributed by atoms with E-state index in [1.54, 1.807) is 16.7 Å². The van der Waals surface area contributed by atoms with E-state index in [9.17, 15) is 4.79 Å².